The van der Waals surface area contributed by atoms with Gasteiger partial charge in [0.05, 0.1) is 0 Å². The molecule has 0 aliphatic heterocycles. The van der Waals surface area contributed by atoms with Crippen molar-refractivity contribution < 1.29 is 0 Å². The quantitative estimate of drug-likeness (QED) is 0.587. The van der Waals surface area contributed by atoms with E-state index >= 15 is 0 Å². The first-order valence-corrected chi connectivity index (χ1v) is 5.02. The molecule has 0 amide bonds. The molecule has 0 spiro atoms. The van der Waals surface area contributed by atoms with E-state index in [0.29, 0.717) is 12.0 Å². The van der Waals surface area contributed by atoms with E-state index in [1.54, 1.807) is 0 Å². The lowest BCUT2D eigenvalue weighted by molar-refractivity contribution is 0.372. The lowest BCUT2D eigenvalue weighted by atomic mass is 10.0. The van der Waals surface area contributed by atoms with Gasteiger partial charge in [0, 0.05) is 19.3 Å². The number of hydrogen-bond donors (Lipinski definition) is 0. The summed E-state index contributed by atoms with van der Waals surface area (Å²) in [5.74, 6) is 0.699. The molecular formula is C12H23N. The number of rotatable bonds is 5. The second-order valence-corrected chi connectivity index (χ2v) is 4.27. The van der Waals surface area contributed by atoms with Gasteiger partial charge in [-0.25, -0.2) is 0 Å². The first kappa shape index (κ1) is 12.3. The van der Waals surface area contributed by atoms with Crippen LogP contribution in [0.1, 0.15) is 34.1 Å². The summed E-state index contributed by atoms with van der Waals surface area (Å²) in [6.45, 7) is 12.7. The zero-order valence-electron chi connectivity index (χ0n) is 9.67. The average molecular weight is 181 g/mol. The molecule has 0 heterocycles. The van der Waals surface area contributed by atoms with Crippen LogP contribution < -0.4 is 0 Å². The van der Waals surface area contributed by atoms with Gasteiger partial charge in [-0.05, 0) is 31.8 Å². The fourth-order valence-corrected chi connectivity index (χ4v) is 1.07. The Morgan fingerprint density at radius 1 is 1.31 bits per heavy atom. The first-order chi connectivity index (χ1) is 5.97. The predicted molar refractivity (Wildman–Crippen MR) is 60.6 cm³/mol. The minimum absolute atomic E-state index is 0.558. The van der Waals surface area contributed by atoms with Crippen LogP contribution in [0.15, 0.2) is 24.4 Å². The molecule has 1 nitrogen and oxygen atoms in total. The maximum Gasteiger partial charge on any atom is 0.0224 e. The van der Waals surface area contributed by atoms with Gasteiger partial charge in [0.25, 0.3) is 0 Å². The minimum atomic E-state index is 0.558. The van der Waals surface area contributed by atoms with Crippen molar-refractivity contribution >= 4 is 0 Å². The summed E-state index contributed by atoms with van der Waals surface area (Å²) in [4.78, 5) is 2.22. The molecule has 13 heavy (non-hydrogen) atoms. The summed E-state index contributed by atoms with van der Waals surface area (Å²) in [5, 5.41) is 0. The van der Waals surface area contributed by atoms with Crippen molar-refractivity contribution in [2.75, 3.05) is 7.05 Å². The summed E-state index contributed by atoms with van der Waals surface area (Å²) in [7, 11) is 2.11. The summed E-state index contributed by atoms with van der Waals surface area (Å²) in [6, 6.07) is 0.558. The van der Waals surface area contributed by atoms with Crippen LogP contribution in [0.5, 0.6) is 0 Å². The molecule has 0 aromatic heterocycles. The standard InChI is InChI=1S/C12H23N/c1-7-12(8-10(2)3)9-13(6)11(4)5/h7,9-11H,1,8H2,2-6H3/b12-9+. The van der Waals surface area contributed by atoms with E-state index in [9.17, 15) is 0 Å². The van der Waals surface area contributed by atoms with Gasteiger partial charge in [0.1, 0.15) is 0 Å². The fourth-order valence-electron chi connectivity index (χ4n) is 1.07. The molecule has 0 saturated carbocycles. The van der Waals surface area contributed by atoms with E-state index in [4.69, 9.17) is 0 Å². The van der Waals surface area contributed by atoms with Crippen molar-refractivity contribution in [3.8, 4) is 0 Å². The molecule has 0 N–H and O–H groups in total. The highest BCUT2D eigenvalue weighted by Crippen LogP contribution is 2.12. The van der Waals surface area contributed by atoms with Crippen LogP contribution in [0.3, 0.4) is 0 Å². The molecule has 76 valence electrons. The highest BCUT2D eigenvalue weighted by Gasteiger charge is 2.01. The molecule has 0 bridgehead atoms. The van der Waals surface area contributed by atoms with E-state index < -0.39 is 0 Å². The molecule has 0 rings (SSSR count). The van der Waals surface area contributed by atoms with Gasteiger partial charge in [0.15, 0.2) is 0 Å². The van der Waals surface area contributed by atoms with Crippen molar-refractivity contribution in [1.29, 1.82) is 0 Å². The lowest BCUT2D eigenvalue weighted by Gasteiger charge is -2.20. The largest absolute Gasteiger partial charge is 0.378 e. The van der Waals surface area contributed by atoms with Gasteiger partial charge < -0.3 is 4.90 Å². The summed E-state index contributed by atoms with van der Waals surface area (Å²) in [5.41, 5.74) is 1.33. The molecule has 0 aliphatic carbocycles. The Balaban J connectivity index is 4.29. The molecule has 0 aromatic rings. The number of allylic oxidation sites excluding steroid dienone is 2. The van der Waals surface area contributed by atoms with Crippen molar-refractivity contribution in [2.45, 2.75) is 40.2 Å². The van der Waals surface area contributed by atoms with Crippen molar-refractivity contribution in [2.24, 2.45) is 5.92 Å². The third-order valence-corrected chi connectivity index (χ3v) is 2.09. The van der Waals surface area contributed by atoms with Crippen molar-refractivity contribution in [1.82, 2.24) is 4.90 Å². The Hall–Kier alpha value is -0.720. The van der Waals surface area contributed by atoms with Gasteiger partial charge in [-0.3, -0.25) is 0 Å². The third kappa shape index (κ3) is 5.51. The molecule has 0 radical (unpaired) electrons. The van der Waals surface area contributed by atoms with Gasteiger partial charge >= 0.3 is 0 Å². The van der Waals surface area contributed by atoms with E-state index in [1.807, 2.05) is 6.08 Å². The molecule has 0 atom stereocenters. The van der Waals surface area contributed by atoms with E-state index in [1.165, 1.54) is 5.57 Å². The van der Waals surface area contributed by atoms with Crippen LogP contribution in [-0.2, 0) is 0 Å². The number of nitrogens with zero attached hydrogens (tertiary/aromatic N) is 1. The predicted octanol–water partition coefficient (Wildman–Crippen LogP) is 3.44. The van der Waals surface area contributed by atoms with Gasteiger partial charge in [-0.15, -0.1) is 0 Å². The molecular weight excluding hydrogens is 158 g/mol. The average Bonchev–Trinajstić information content (AvgIpc) is 2.02. The Morgan fingerprint density at radius 2 is 1.85 bits per heavy atom. The Bertz CT molecular complexity index is 178. The van der Waals surface area contributed by atoms with Crippen molar-refractivity contribution in [3.63, 3.8) is 0 Å². The van der Waals surface area contributed by atoms with Gasteiger partial charge in [-0.2, -0.15) is 0 Å². The van der Waals surface area contributed by atoms with Crippen LogP contribution in [0.2, 0.25) is 0 Å². The maximum atomic E-state index is 3.83. The van der Waals surface area contributed by atoms with Crippen LogP contribution >= 0.6 is 0 Å². The molecule has 0 aliphatic rings. The third-order valence-electron chi connectivity index (χ3n) is 2.09. The monoisotopic (exact) mass is 181 g/mol. The molecule has 0 aromatic carbocycles. The van der Waals surface area contributed by atoms with Crippen LogP contribution in [0, 0.1) is 5.92 Å². The second kappa shape index (κ2) is 5.85. The van der Waals surface area contributed by atoms with Gasteiger partial charge in [-0.1, -0.05) is 26.5 Å². The highest BCUT2D eigenvalue weighted by molar-refractivity contribution is 5.15. The normalized spacial score (nSPS) is 12.4. The highest BCUT2D eigenvalue weighted by atomic mass is 15.1. The topological polar surface area (TPSA) is 3.24 Å². The Labute approximate surface area is 83.1 Å². The fraction of sp³-hybridized carbons (Fsp3) is 0.667. The van der Waals surface area contributed by atoms with Crippen molar-refractivity contribution in [3.05, 3.63) is 24.4 Å². The summed E-state index contributed by atoms with van der Waals surface area (Å²) < 4.78 is 0. The van der Waals surface area contributed by atoms with Crippen LogP contribution in [0.25, 0.3) is 0 Å². The van der Waals surface area contributed by atoms with E-state index in [2.05, 4.69) is 52.4 Å². The van der Waals surface area contributed by atoms with E-state index in [0.717, 1.165) is 6.42 Å². The van der Waals surface area contributed by atoms with Gasteiger partial charge in [0.2, 0.25) is 0 Å². The molecule has 1 heteroatoms. The summed E-state index contributed by atoms with van der Waals surface area (Å²) in [6.07, 6.45) is 5.26. The zero-order valence-corrected chi connectivity index (χ0v) is 9.67. The SMILES string of the molecule is C=C/C(=C\N(C)C(C)C)CC(C)C. The molecule has 0 fully saturated rings. The number of hydrogen-bond acceptors (Lipinski definition) is 1. The lowest BCUT2D eigenvalue weighted by Crippen LogP contribution is -2.20. The minimum Gasteiger partial charge on any atom is -0.378 e. The molecule has 0 saturated heterocycles. The van der Waals surface area contributed by atoms with E-state index in [-0.39, 0.29) is 0 Å². The smallest absolute Gasteiger partial charge is 0.0224 e. The maximum absolute atomic E-state index is 3.83. The summed E-state index contributed by atoms with van der Waals surface area (Å²) >= 11 is 0. The Morgan fingerprint density at radius 3 is 2.15 bits per heavy atom. The second-order valence-electron chi connectivity index (χ2n) is 4.27. The van der Waals surface area contributed by atoms with Crippen LogP contribution in [0.4, 0.5) is 0 Å². The molecule has 0 unspecified atom stereocenters. The van der Waals surface area contributed by atoms with Crippen LogP contribution in [-0.4, -0.2) is 18.0 Å². The first-order valence-electron chi connectivity index (χ1n) is 5.02. The zero-order chi connectivity index (χ0) is 10.4. The Kier molecular flexibility index (Phi) is 5.52.